The molecular weight excluding hydrogens is 463 g/mol. The molecule has 1 N–H and O–H groups in total. The third-order valence-corrected chi connectivity index (χ3v) is 6.36. The lowest BCUT2D eigenvalue weighted by atomic mass is 9.99. The van der Waals surface area contributed by atoms with Crippen molar-refractivity contribution >= 4 is 11.8 Å². The second-order valence-electron chi connectivity index (χ2n) is 9.11. The van der Waals surface area contributed by atoms with Crippen LogP contribution in [-0.4, -0.2) is 75.6 Å². The number of hydrogen-bond acceptors (Lipinski definition) is 6. The summed E-state index contributed by atoms with van der Waals surface area (Å²) in [7, 11) is 1.67. The average Bonchev–Trinajstić information content (AvgIpc) is 2.90. The van der Waals surface area contributed by atoms with E-state index >= 15 is 0 Å². The van der Waals surface area contributed by atoms with Gasteiger partial charge >= 0.3 is 0 Å². The highest BCUT2D eigenvalue weighted by Gasteiger charge is 2.35. The van der Waals surface area contributed by atoms with E-state index in [1.807, 2.05) is 6.92 Å². The van der Waals surface area contributed by atoms with Crippen molar-refractivity contribution in [1.82, 2.24) is 19.8 Å². The third kappa shape index (κ3) is 5.36. The number of aromatic nitrogens is 2. The zero-order valence-electron chi connectivity index (χ0n) is 20.5. The molecule has 188 valence electrons. The summed E-state index contributed by atoms with van der Waals surface area (Å²) >= 11 is 0. The fraction of sp³-hybridized carbons (Fsp3) is 0.333. The molecule has 2 aromatic heterocycles. The minimum atomic E-state index is -0.490. The highest BCUT2D eigenvalue weighted by atomic mass is 19.1. The minimum absolute atomic E-state index is 0.130. The Morgan fingerprint density at radius 3 is 2.72 bits per heavy atom. The number of halogens is 1. The summed E-state index contributed by atoms with van der Waals surface area (Å²) < 4.78 is 20.1. The van der Waals surface area contributed by atoms with Crippen LogP contribution in [0, 0.1) is 11.7 Å². The fourth-order valence-electron chi connectivity index (χ4n) is 4.18. The number of nitrogens with zero attached hydrogens (tertiary/aromatic N) is 4. The van der Waals surface area contributed by atoms with E-state index in [0.29, 0.717) is 23.4 Å². The Morgan fingerprint density at radius 2 is 2.03 bits per heavy atom. The molecule has 0 radical (unpaired) electrons. The second kappa shape index (κ2) is 10.8. The molecule has 0 saturated carbocycles. The first-order valence-electron chi connectivity index (χ1n) is 11.8. The number of ether oxygens (including phenoxy) is 1. The van der Waals surface area contributed by atoms with E-state index in [1.54, 1.807) is 61.5 Å². The lowest BCUT2D eigenvalue weighted by Crippen LogP contribution is -2.50. The number of carbonyl (C=O) groups excluding carboxylic acids is 2. The molecule has 36 heavy (non-hydrogen) atoms. The fourth-order valence-corrected chi connectivity index (χ4v) is 4.18. The molecule has 8 nitrogen and oxygen atoms in total. The summed E-state index contributed by atoms with van der Waals surface area (Å²) in [5.74, 6) is -1.03. The van der Waals surface area contributed by atoms with Gasteiger partial charge in [0.25, 0.3) is 11.8 Å². The molecule has 1 aromatic carbocycles. The molecule has 1 aliphatic rings. The monoisotopic (exact) mass is 492 g/mol. The molecule has 3 atom stereocenters. The molecule has 0 bridgehead atoms. The maximum absolute atomic E-state index is 13.8. The number of amides is 2. The number of aliphatic hydroxyl groups excluding tert-OH is 1. The molecular formula is C27H29FN4O4. The number of fused-ring (bicyclic) bond motifs is 1. The Labute approximate surface area is 209 Å². The van der Waals surface area contributed by atoms with Gasteiger partial charge in [-0.25, -0.2) is 9.37 Å². The van der Waals surface area contributed by atoms with Crippen LogP contribution in [0.15, 0.2) is 60.9 Å². The number of pyridine rings is 2. The average molecular weight is 493 g/mol. The van der Waals surface area contributed by atoms with E-state index in [1.165, 1.54) is 23.2 Å². The largest absolute Gasteiger partial charge is 0.472 e. The van der Waals surface area contributed by atoms with Crippen molar-refractivity contribution in [1.29, 1.82) is 0 Å². The van der Waals surface area contributed by atoms with Gasteiger partial charge in [-0.1, -0.05) is 25.1 Å². The van der Waals surface area contributed by atoms with Crippen LogP contribution in [-0.2, 0) is 0 Å². The standard InChI is InChI=1S/C27H29FN4O4/c1-17-14-32(18(2)16-33)26(34)22-12-20(19-7-6-8-21(28)11-19)13-30-25(22)36-24(17)15-31(3)27(35)23-9-4-5-10-29-23/h4-13,17-18,24,33H,14-16H2,1-3H3/t17-,18-,24-/m0/s1. The van der Waals surface area contributed by atoms with Crippen molar-refractivity contribution in [2.24, 2.45) is 5.92 Å². The Hall–Kier alpha value is -3.85. The van der Waals surface area contributed by atoms with E-state index in [9.17, 15) is 19.1 Å². The van der Waals surface area contributed by atoms with Crippen LogP contribution < -0.4 is 4.74 Å². The molecule has 0 aliphatic carbocycles. The molecule has 1 aliphatic heterocycles. The maximum atomic E-state index is 13.8. The summed E-state index contributed by atoms with van der Waals surface area (Å²) in [5.41, 5.74) is 1.68. The van der Waals surface area contributed by atoms with Crippen molar-refractivity contribution in [3.8, 4) is 17.0 Å². The topological polar surface area (TPSA) is 95.9 Å². The van der Waals surface area contributed by atoms with Crippen LogP contribution >= 0.6 is 0 Å². The first-order valence-corrected chi connectivity index (χ1v) is 11.8. The minimum Gasteiger partial charge on any atom is -0.472 e. The SMILES string of the molecule is C[C@H]1CN([C@@H](C)CO)C(=O)c2cc(-c3cccc(F)c3)cnc2O[C@H]1CN(C)C(=O)c1ccccn1. The number of aliphatic hydroxyl groups is 1. The Morgan fingerprint density at radius 1 is 1.22 bits per heavy atom. The normalized spacial score (nSPS) is 18.5. The van der Waals surface area contributed by atoms with Crippen molar-refractivity contribution in [2.75, 3.05) is 26.7 Å². The Kier molecular flexibility index (Phi) is 7.59. The molecule has 9 heteroatoms. The number of hydrogen-bond donors (Lipinski definition) is 1. The predicted octanol–water partition coefficient (Wildman–Crippen LogP) is 3.28. The Bertz CT molecular complexity index is 1240. The van der Waals surface area contributed by atoms with Crippen LogP contribution in [0.2, 0.25) is 0 Å². The second-order valence-corrected chi connectivity index (χ2v) is 9.11. The zero-order valence-corrected chi connectivity index (χ0v) is 20.5. The first-order chi connectivity index (χ1) is 17.3. The molecule has 0 saturated heterocycles. The van der Waals surface area contributed by atoms with Gasteiger partial charge in [0.15, 0.2) is 0 Å². The van der Waals surface area contributed by atoms with Gasteiger partial charge in [-0.3, -0.25) is 14.6 Å². The van der Waals surface area contributed by atoms with E-state index in [2.05, 4.69) is 9.97 Å². The maximum Gasteiger partial charge on any atom is 0.272 e. The Balaban J connectivity index is 1.69. The van der Waals surface area contributed by atoms with Crippen LogP contribution in [0.4, 0.5) is 4.39 Å². The van der Waals surface area contributed by atoms with Gasteiger partial charge in [0, 0.05) is 37.5 Å². The molecule has 0 fully saturated rings. The van der Waals surface area contributed by atoms with Gasteiger partial charge in [-0.2, -0.15) is 0 Å². The van der Waals surface area contributed by atoms with Crippen LogP contribution in [0.1, 0.15) is 34.7 Å². The summed E-state index contributed by atoms with van der Waals surface area (Å²) in [5, 5.41) is 9.83. The van der Waals surface area contributed by atoms with Gasteiger partial charge in [0.1, 0.15) is 23.2 Å². The zero-order chi connectivity index (χ0) is 25.8. The number of carbonyl (C=O) groups is 2. The molecule has 0 unspecified atom stereocenters. The molecule has 2 amide bonds. The van der Waals surface area contributed by atoms with E-state index in [-0.39, 0.29) is 42.3 Å². The highest BCUT2D eigenvalue weighted by Crippen LogP contribution is 2.30. The number of rotatable bonds is 6. The molecule has 3 aromatic rings. The molecule has 3 heterocycles. The summed E-state index contributed by atoms with van der Waals surface area (Å²) in [6.07, 6.45) is 2.61. The third-order valence-electron chi connectivity index (χ3n) is 6.36. The summed E-state index contributed by atoms with van der Waals surface area (Å²) in [6, 6.07) is 12.4. The van der Waals surface area contributed by atoms with Gasteiger partial charge in [0.2, 0.25) is 5.88 Å². The van der Waals surface area contributed by atoms with Gasteiger partial charge in [0.05, 0.1) is 19.2 Å². The smallest absolute Gasteiger partial charge is 0.272 e. The lowest BCUT2D eigenvalue weighted by Gasteiger charge is -2.37. The van der Waals surface area contributed by atoms with Gasteiger partial charge in [-0.05, 0) is 42.8 Å². The highest BCUT2D eigenvalue weighted by molar-refractivity contribution is 5.98. The predicted molar refractivity (Wildman–Crippen MR) is 132 cm³/mol. The van der Waals surface area contributed by atoms with Crippen LogP contribution in [0.25, 0.3) is 11.1 Å². The quantitative estimate of drug-likeness (QED) is 0.568. The van der Waals surface area contributed by atoms with Gasteiger partial charge < -0.3 is 19.6 Å². The van der Waals surface area contributed by atoms with Gasteiger partial charge in [-0.15, -0.1) is 0 Å². The number of benzene rings is 1. The van der Waals surface area contributed by atoms with Crippen molar-refractivity contribution in [3.63, 3.8) is 0 Å². The number of likely N-dealkylation sites (N-methyl/N-ethyl adjacent to an activating group) is 1. The lowest BCUT2D eigenvalue weighted by molar-refractivity contribution is 0.0312. The van der Waals surface area contributed by atoms with Crippen LogP contribution in [0.5, 0.6) is 5.88 Å². The van der Waals surface area contributed by atoms with Crippen molar-refractivity contribution in [2.45, 2.75) is 26.0 Å². The first kappa shape index (κ1) is 25.2. The van der Waals surface area contributed by atoms with Crippen LogP contribution in [0.3, 0.4) is 0 Å². The van der Waals surface area contributed by atoms with E-state index < -0.39 is 18.0 Å². The van der Waals surface area contributed by atoms with E-state index in [0.717, 1.165) is 0 Å². The van der Waals surface area contributed by atoms with Crippen molar-refractivity contribution < 1.29 is 23.8 Å². The molecule has 0 spiro atoms. The summed E-state index contributed by atoms with van der Waals surface area (Å²) in [4.78, 5) is 38.1. The van der Waals surface area contributed by atoms with E-state index in [4.69, 9.17) is 4.74 Å². The van der Waals surface area contributed by atoms with Crippen molar-refractivity contribution in [3.05, 3.63) is 78.0 Å². The summed E-state index contributed by atoms with van der Waals surface area (Å²) in [6.45, 7) is 4.02. The molecule has 4 rings (SSSR count).